The quantitative estimate of drug-likeness (QED) is 0.161. The van der Waals surface area contributed by atoms with Crippen LogP contribution in [0.2, 0.25) is 0 Å². The lowest BCUT2D eigenvalue weighted by Gasteiger charge is -2.33. The molecule has 1 heteroatoms. The second-order valence-corrected chi connectivity index (χ2v) is 23.5. The van der Waals surface area contributed by atoms with E-state index >= 15 is 0 Å². The number of anilines is 3. The number of hydrogen-bond acceptors (Lipinski definition) is 1. The van der Waals surface area contributed by atoms with Gasteiger partial charge in [0.25, 0.3) is 0 Å². The molecule has 0 saturated carbocycles. The molecule has 4 aliphatic rings. The average molecular weight is 952 g/mol. The van der Waals surface area contributed by atoms with Crippen molar-refractivity contribution in [1.29, 1.82) is 0 Å². The van der Waals surface area contributed by atoms with Crippen molar-refractivity contribution < 1.29 is 0 Å². The van der Waals surface area contributed by atoms with Gasteiger partial charge in [0.2, 0.25) is 0 Å². The number of benzene rings is 10. The van der Waals surface area contributed by atoms with Gasteiger partial charge in [0.1, 0.15) is 0 Å². The molecule has 0 fully saturated rings. The van der Waals surface area contributed by atoms with Crippen molar-refractivity contribution in [3.63, 3.8) is 0 Å². The highest BCUT2D eigenvalue weighted by molar-refractivity contribution is 6.02. The summed E-state index contributed by atoms with van der Waals surface area (Å²) in [7, 11) is 0. The Hall–Kier alpha value is -8.00. The highest BCUT2D eigenvalue weighted by Gasteiger charge is 2.52. The number of hydrogen-bond donors (Lipinski definition) is 0. The van der Waals surface area contributed by atoms with Gasteiger partial charge in [-0.3, -0.25) is 0 Å². The van der Waals surface area contributed by atoms with E-state index in [1.165, 1.54) is 122 Å². The summed E-state index contributed by atoms with van der Waals surface area (Å²) < 4.78 is 0. The Bertz CT molecular complexity index is 4000. The van der Waals surface area contributed by atoms with Crippen LogP contribution >= 0.6 is 0 Å². The Morgan fingerprint density at radius 2 is 0.851 bits per heavy atom. The first kappa shape index (κ1) is 44.7. The first-order valence-electron chi connectivity index (χ1n) is 26.8. The van der Waals surface area contributed by atoms with Crippen molar-refractivity contribution in [1.82, 2.24) is 0 Å². The van der Waals surface area contributed by atoms with Crippen LogP contribution in [0.25, 0.3) is 66.8 Å². The standard InChI is InChI=1S/C73H61N/c1-9-45-33-37-53-54-39-35-47(70(2,3)4)43-66(54)73(65(53)41-45)61-29-17-11-23-51(61)58-44-48(36-40-62(58)73)74(67-31-18-13-21-49(67)46-34-38-52-50-22-10-15-27-59(50)72(7,8)64(52)42-46)68-32-19-14-24-55(68)56-26-20-30-63-69(56)57-25-12-16-28-60(57)71(63,5)6/h10-44H,9H2,1-8H3. The van der Waals surface area contributed by atoms with Gasteiger partial charge < -0.3 is 4.90 Å². The van der Waals surface area contributed by atoms with E-state index in [9.17, 15) is 0 Å². The molecule has 10 aromatic rings. The van der Waals surface area contributed by atoms with Crippen LogP contribution in [0.3, 0.4) is 0 Å². The number of fused-ring (bicyclic) bond motifs is 16. The first-order chi connectivity index (χ1) is 35.8. The van der Waals surface area contributed by atoms with Gasteiger partial charge in [0.05, 0.1) is 16.8 Å². The van der Waals surface area contributed by atoms with Crippen molar-refractivity contribution in [2.75, 3.05) is 4.90 Å². The van der Waals surface area contributed by atoms with E-state index in [1.807, 2.05) is 0 Å². The average Bonchev–Trinajstić information content (AvgIpc) is 4.05. The summed E-state index contributed by atoms with van der Waals surface area (Å²) in [6.45, 7) is 18.9. The van der Waals surface area contributed by atoms with Gasteiger partial charge in [-0.05, 0) is 153 Å². The maximum absolute atomic E-state index is 2.58. The number of nitrogens with zero attached hydrogens (tertiary/aromatic N) is 1. The molecule has 1 nitrogen and oxygen atoms in total. The predicted molar refractivity (Wildman–Crippen MR) is 312 cm³/mol. The van der Waals surface area contributed by atoms with Crippen molar-refractivity contribution in [3.8, 4) is 66.8 Å². The summed E-state index contributed by atoms with van der Waals surface area (Å²) in [6, 6.07) is 81.9. The fourth-order valence-electron chi connectivity index (χ4n) is 14.1. The van der Waals surface area contributed by atoms with Gasteiger partial charge in [0.15, 0.2) is 0 Å². The molecule has 0 amide bonds. The van der Waals surface area contributed by atoms with E-state index < -0.39 is 5.41 Å². The lowest BCUT2D eigenvalue weighted by Crippen LogP contribution is -2.27. The van der Waals surface area contributed by atoms with Gasteiger partial charge in [-0.2, -0.15) is 0 Å². The molecule has 0 aliphatic heterocycles. The summed E-state index contributed by atoms with van der Waals surface area (Å²) in [5, 5.41) is 0. The normalized spacial score (nSPS) is 16.4. The summed E-state index contributed by atoms with van der Waals surface area (Å²) in [4.78, 5) is 2.58. The van der Waals surface area contributed by atoms with E-state index in [4.69, 9.17) is 0 Å². The predicted octanol–water partition coefficient (Wildman–Crippen LogP) is 19.3. The minimum absolute atomic E-state index is 0.0130. The second-order valence-electron chi connectivity index (χ2n) is 23.5. The van der Waals surface area contributed by atoms with Crippen LogP contribution in [0.1, 0.15) is 111 Å². The fraction of sp³-hybridized carbons (Fsp3) is 0.178. The Labute approximate surface area is 437 Å². The SMILES string of the molecule is CCc1ccc2c(c1)C1(c3ccccc3-c3cc(N(c4ccccc4-c4ccc5c(c4)C(C)(C)c4ccccc4-5)c4ccccc4-c4cccc5c4-c4ccccc4C5(C)C)ccc31)c1cc(C(C)(C)C)ccc1-2. The van der Waals surface area contributed by atoms with Crippen molar-refractivity contribution in [3.05, 3.63) is 268 Å². The molecule has 14 rings (SSSR count). The van der Waals surface area contributed by atoms with Gasteiger partial charge in [-0.15, -0.1) is 0 Å². The second kappa shape index (κ2) is 15.8. The molecule has 74 heavy (non-hydrogen) atoms. The van der Waals surface area contributed by atoms with E-state index in [0.717, 1.165) is 23.5 Å². The molecular weight excluding hydrogens is 891 g/mol. The Balaban J connectivity index is 1.04. The van der Waals surface area contributed by atoms with Crippen molar-refractivity contribution in [2.24, 2.45) is 0 Å². The smallest absolute Gasteiger partial charge is 0.0725 e. The third-order valence-electron chi connectivity index (χ3n) is 17.8. The largest absolute Gasteiger partial charge is 0.309 e. The third kappa shape index (κ3) is 6.04. The molecular formula is C73H61N. The highest BCUT2D eigenvalue weighted by Crippen LogP contribution is 2.64. The van der Waals surface area contributed by atoms with Crippen molar-refractivity contribution in [2.45, 2.75) is 83.5 Å². The molecule has 0 aromatic heterocycles. The molecule has 0 saturated heterocycles. The summed E-state index contributed by atoms with van der Waals surface area (Å²) in [5.41, 5.74) is 31.9. The summed E-state index contributed by atoms with van der Waals surface area (Å²) in [5.74, 6) is 0. The van der Waals surface area contributed by atoms with Crippen LogP contribution in [0.15, 0.2) is 212 Å². The van der Waals surface area contributed by atoms with Gasteiger partial charge in [-0.1, -0.05) is 237 Å². The number of para-hydroxylation sites is 2. The molecule has 0 heterocycles. The lowest BCUT2D eigenvalue weighted by molar-refractivity contribution is 0.588. The third-order valence-corrected chi connectivity index (χ3v) is 17.8. The molecule has 1 atom stereocenters. The summed E-state index contributed by atoms with van der Waals surface area (Å²) in [6.07, 6.45) is 0.983. The zero-order chi connectivity index (χ0) is 50.5. The number of rotatable bonds is 6. The minimum Gasteiger partial charge on any atom is -0.309 e. The molecule has 358 valence electrons. The van der Waals surface area contributed by atoms with Crippen LogP contribution in [-0.4, -0.2) is 0 Å². The van der Waals surface area contributed by atoms with Crippen LogP contribution in [-0.2, 0) is 28.1 Å². The van der Waals surface area contributed by atoms with Gasteiger partial charge in [-0.25, -0.2) is 0 Å². The van der Waals surface area contributed by atoms with Crippen LogP contribution in [0.4, 0.5) is 17.1 Å². The van der Waals surface area contributed by atoms with Gasteiger partial charge in [0, 0.05) is 27.6 Å². The molecule has 1 unspecified atom stereocenters. The molecule has 4 aliphatic carbocycles. The first-order valence-corrected chi connectivity index (χ1v) is 26.8. The topological polar surface area (TPSA) is 3.24 Å². The fourth-order valence-corrected chi connectivity index (χ4v) is 14.1. The van der Waals surface area contributed by atoms with Gasteiger partial charge >= 0.3 is 0 Å². The monoisotopic (exact) mass is 951 g/mol. The molecule has 1 spiro atoms. The minimum atomic E-state index is -0.470. The lowest BCUT2D eigenvalue weighted by atomic mass is 9.69. The van der Waals surface area contributed by atoms with E-state index in [-0.39, 0.29) is 16.2 Å². The zero-order valence-electron chi connectivity index (χ0n) is 43.9. The molecule has 0 bridgehead atoms. The Morgan fingerprint density at radius 3 is 1.57 bits per heavy atom. The molecule has 0 N–H and O–H groups in total. The maximum Gasteiger partial charge on any atom is 0.0725 e. The Morgan fingerprint density at radius 1 is 0.351 bits per heavy atom. The van der Waals surface area contributed by atoms with E-state index in [1.54, 1.807) is 0 Å². The zero-order valence-corrected chi connectivity index (χ0v) is 43.9. The van der Waals surface area contributed by atoms with Crippen LogP contribution in [0, 0.1) is 0 Å². The van der Waals surface area contributed by atoms with E-state index in [2.05, 4.69) is 273 Å². The summed E-state index contributed by atoms with van der Waals surface area (Å²) >= 11 is 0. The Kier molecular flexibility index (Phi) is 9.51. The molecule has 10 aromatic carbocycles. The van der Waals surface area contributed by atoms with Crippen LogP contribution in [0.5, 0.6) is 0 Å². The van der Waals surface area contributed by atoms with E-state index in [0.29, 0.717) is 0 Å². The van der Waals surface area contributed by atoms with Crippen molar-refractivity contribution >= 4 is 17.1 Å². The molecule has 0 radical (unpaired) electrons. The maximum atomic E-state index is 2.58. The number of aryl methyl sites for hydroxylation is 1. The highest BCUT2D eigenvalue weighted by atomic mass is 15.1. The van der Waals surface area contributed by atoms with Crippen LogP contribution < -0.4 is 4.90 Å².